The molecule has 8 rings (SSSR count). The van der Waals surface area contributed by atoms with Gasteiger partial charge in [-0.1, -0.05) is 6.92 Å². The molecular formula is C31H46O5. The van der Waals surface area contributed by atoms with Crippen LogP contribution in [0.15, 0.2) is 0 Å². The van der Waals surface area contributed by atoms with Crippen molar-refractivity contribution in [2.45, 2.75) is 97.5 Å². The number of ether oxygens (including phenoxy) is 3. The van der Waals surface area contributed by atoms with Crippen molar-refractivity contribution in [2.75, 3.05) is 13.4 Å². The second-order valence-electron chi connectivity index (χ2n) is 15.1. The lowest BCUT2D eigenvalue weighted by molar-refractivity contribution is -0.174. The molecule has 0 amide bonds. The Kier molecular flexibility index (Phi) is 5.63. The van der Waals surface area contributed by atoms with Gasteiger partial charge in [0.25, 0.3) is 0 Å². The van der Waals surface area contributed by atoms with Gasteiger partial charge in [0.15, 0.2) is 6.79 Å². The molecule has 8 saturated carbocycles. The van der Waals surface area contributed by atoms with Crippen LogP contribution in [0, 0.1) is 70.0 Å². The van der Waals surface area contributed by atoms with Gasteiger partial charge in [-0.15, -0.1) is 0 Å². The van der Waals surface area contributed by atoms with E-state index in [9.17, 15) is 9.59 Å². The van der Waals surface area contributed by atoms with Crippen LogP contribution in [0.2, 0.25) is 0 Å². The summed E-state index contributed by atoms with van der Waals surface area (Å²) in [6.07, 6.45) is 13.5. The van der Waals surface area contributed by atoms with Crippen molar-refractivity contribution in [1.82, 2.24) is 0 Å². The molecule has 8 bridgehead atoms. The molecule has 36 heavy (non-hydrogen) atoms. The van der Waals surface area contributed by atoms with Crippen LogP contribution in [0.3, 0.4) is 0 Å². The summed E-state index contributed by atoms with van der Waals surface area (Å²) in [6, 6.07) is 0. The Balaban J connectivity index is 0.908. The van der Waals surface area contributed by atoms with Crippen molar-refractivity contribution >= 4 is 11.9 Å². The third kappa shape index (κ3) is 3.72. The van der Waals surface area contributed by atoms with Gasteiger partial charge in [0, 0.05) is 0 Å². The van der Waals surface area contributed by atoms with Crippen LogP contribution in [-0.4, -0.2) is 31.4 Å². The van der Waals surface area contributed by atoms with Gasteiger partial charge in [0.2, 0.25) is 0 Å². The van der Waals surface area contributed by atoms with Gasteiger partial charge < -0.3 is 14.2 Å². The average molecular weight is 499 g/mol. The summed E-state index contributed by atoms with van der Waals surface area (Å²) in [5, 5.41) is 0. The first-order chi connectivity index (χ1) is 17.2. The molecule has 200 valence electrons. The highest BCUT2D eigenvalue weighted by Crippen LogP contribution is 2.69. The maximum Gasteiger partial charge on any atom is 0.311 e. The molecule has 8 atom stereocenters. The lowest BCUT2D eigenvalue weighted by atomic mass is 9.50. The zero-order valence-electron chi connectivity index (χ0n) is 22.6. The highest BCUT2D eigenvalue weighted by atomic mass is 16.7. The predicted octanol–water partition coefficient (Wildman–Crippen LogP) is 6.00. The van der Waals surface area contributed by atoms with E-state index in [-0.39, 0.29) is 30.8 Å². The third-order valence-corrected chi connectivity index (χ3v) is 12.6. The largest absolute Gasteiger partial charge is 0.462 e. The van der Waals surface area contributed by atoms with Crippen molar-refractivity contribution in [2.24, 2.45) is 70.0 Å². The molecular weight excluding hydrogens is 452 g/mol. The van der Waals surface area contributed by atoms with E-state index < -0.39 is 5.41 Å². The molecule has 0 aromatic carbocycles. The average Bonchev–Trinajstić information content (AvgIpc) is 3.60. The van der Waals surface area contributed by atoms with Gasteiger partial charge in [-0.2, -0.15) is 0 Å². The molecule has 0 N–H and O–H groups in total. The number of fused-ring (bicyclic) bond motifs is 9. The van der Waals surface area contributed by atoms with Gasteiger partial charge in [-0.05, 0) is 143 Å². The minimum Gasteiger partial charge on any atom is -0.462 e. The van der Waals surface area contributed by atoms with Crippen LogP contribution in [0.5, 0.6) is 0 Å². The maximum absolute atomic E-state index is 13.1. The normalized spacial score (nSPS) is 49.5. The Hall–Kier alpha value is -1.10. The zero-order chi connectivity index (χ0) is 24.8. The van der Waals surface area contributed by atoms with E-state index >= 15 is 0 Å². The fraction of sp³-hybridized carbons (Fsp3) is 0.935. The molecule has 8 aliphatic carbocycles. The summed E-state index contributed by atoms with van der Waals surface area (Å²) in [6.45, 7) is 6.96. The first kappa shape index (κ1) is 24.0. The molecule has 0 aliphatic heterocycles. The Morgan fingerprint density at radius 3 is 2.11 bits per heavy atom. The number of carbonyl (C=O) groups is 2. The third-order valence-electron chi connectivity index (χ3n) is 12.6. The molecule has 8 aliphatic rings. The van der Waals surface area contributed by atoms with E-state index in [1.165, 1.54) is 44.9 Å². The molecule has 0 aromatic heterocycles. The van der Waals surface area contributed by atoms with Crippen molar-refractivity contribution < 1.29 is 23.8 Å². The van der Waals surface area contributed by atoms with Gasteiger partial charge >= 0.3 is 11.9 Å². The Bertz CT molecular complexity index is 873. The predicted molar refractivity (Wildman–Crippen MR) is 134 cm³/mol. The summed E-state index contributed by atoms with van der Waals surface area (Å²) in [5.41, 5.74) is -0.0290. The maximum atomic E-state index is 13.1. The van der Waals surface area contributed by atoms with Crippen LogP contribution >= 0.6 is 0 Å². The van der Waals surface area contributed by atoms with Crippen LogP contribution < -0.4 is 0 Å². The summed E-state index contributed by atoms with van der Waals surface area (Å²) in [5.74, 6) is 6.24. The van der Waals surface area contributed by atoms with Gasteiger partial charge in [0.05, 0.1) is 17.9 Å². The van der Waals surface area contributed by atoms with E-state index in [1.54, 1.807) is 0 Å². The number of esters is 2. The molecule has 5 nitrogen and oxygen atoms in total. The molecule has 8 fully saturated rings. The molecule has 0 heterocycles. The summed E-state index contributed by atoms with van der Waals surface area (Å²) < 4.78 is 17.9. The lowest BCUT2D eigenvalue weighted by Crippen LogP contribution is -2.48. The second-order valence-corrected chi connectivity index (χ2v) is 15.1. The van der Waals surface area contributed by atoms with Crippen LogP contribution in [0.4, 0.5) is 0 Å². The van der Waals surface area contributed by atoms with E-state index in [1.807, 2.05) is 13.8 Å². The van der Waals surface area contributed by atoms with Crippen LogP contribution in [-0.2, 0) is 23.8 Å². The fourth-order valence-electron chi connectivity index (χ4n) is 11.3. The number of hydrogen-bond acceptors (Lipinski definition) is 5. The molecule has 0 spiro atoms. The van der Waals surface area contributed by atoms with E-state index in [0.717, 1.165) is 50.0 Å². The van der Waals surface area contributed by atoms with E-state index in [2.05, 4.69) is 6.92 Å². The van der Waals surface area contributed by atoms with Crippen molar-refractivity contribution in [3.63, 3.8) is 0 Å². The van der Waals surface area contributed by atoms with Gasteiger partial charge in [0.1, 0.15) is 6.10 Å². The smallest absolute Gasteiger partial charge is 0.311 e. The number of hydrogen-bond donors (Lipinski definition) is 0. The minimum absolute atomic E-state index is 0.0121. The van der Waals surface area contributed by atoms with Crippen LogP contribution in [0.25, 0.3) is 0 Å². The van der Waals surface area contributed by atoms with E-state index in [0.29, 0.717) is 40.9 Å². The topological polar surface area (TPSA) is 61.8 Å². The molecule has 0 radical (unpaired) electrons. The number of rotatable bonds is 8. The fourth-order valence-corrected chi connectivity index (χ4v) is 11.3. The molecule has 0 aromatic rings. The van der Waals surface area contributed by atoms with Gasteiger partial charge in [-0.3, -0.25) is 9.59 Å². The van der Waals surface area contributed by atoms with Gasteiger partial charge in [-0.25, -0.2) is 0 Å². The Morgan fingerprint density at radius 1 is 0.833 bits per heavy atom. The Labute approximate surface area is 216 Å². The molecule has 8 unspecified atom stereocenters. The monoisotopic (exact) mass is 498 g/mol. The molecule has 0 saturated heterocycles. The quantitative estimate of drug-likeness (QED) is 0.178. The molecule has 5 heteroatoms. The highest BCUT2D eigenvalue weighted by molar-refractivity contribution is 5.76. The van der Waals surface area contributed by atoms with Crippen molar-refractivity contribution in [3.05, 3.63) is 0 Å². The summed E-state index contributed by atoms with van der Waals surface area (Å²) in [4.78, 5) is 25.9. The first-order valence-corrected chi connectivity index (χ1v) is 15.2. The minimum atomic E-state index is -0.400. The van der Waals surface area contributed by atoms with E-state index in [4.69, 9.17) is 14.2 Å². The number of carbonyl (C=O) groups excluding carboxylic acids is 2. The highest BCUT2D eigenvalue weighted by Gasteiger charge is 2.66. The summed E-state index contributed by atoms with van der Waals surface area (Å²) in [7, 11) is 0. The van der Waals surface area contributed by atoms with Crippen LogP contribution in [0.1, 0.15) is 91.4 Å². The standard InChI is InChI=1S/C31H46O5/c1-4-30(2,3)29(33)36-25-11-21-10-24(25)27-20-8-22(26(21)27)23(9-20)28(32)35-16-34-15-31-12-17-5-18(13-31)7-19(6-17)14-31/h17-27H,4-16H2,1-3H3. The first-order valence-electron chi connectivity index (χ1n) is 15.2. The lowest BCUT2D eigenvalue weighted by Gasteiger charge is -2.56. The van der Waals surface area contributed by atoms with Crippen molar-refractivity contribution in [1.29, 1.82) is 0 Å². The second kappa shape index (κ2) is 8.45. The van der Waals surface area contributed by atoms with Crippen molar-refractivity contribution in [3.8, 4) is 0 Å². The SMILES string of the molecule is CCC(C)(C)C(=O)OC1CC2CC1C1C3CC(C(=O)OCOCC45CC6CC(CC(C6)C4)C5)C(C3)C21. The summed E-state index contributed by atoms with van der Waals surface area (Å²) >= 11 is 0. The zero-order valence-corrected chi connectivity index (χ0v) is 22.6. The Morgan fingerprint density at radius 2 is 1.44 bits per heavy atom.